The number of aromatic nitrogens is 2. The van der Waals surface area contributed by atoms with E-state index in [4.69, 9.17) is 0 Å². The Labute approximate surface area is 163 Å². The molecule has 0 spiro atoms. The first kappa shape index (κ1) is 19.3. The maximum Gasteiger partial charge on any atom is 0.317 e. The Morgan fingerprint density at radius 3 is 2.78 bits per heavy atom. The van der Waals surface area contributed by atoms with Gasteiger partial charge in [-0.3, -0.25) is 4.79 Å². The third-order valence-electron chi connectivity index (χ3n) is 4.53. The van der Waals surface area contributed by atoms with Gasteiger partial charge in [0.2, 0.25) is 5.01 Å². The number of hydrogen-bond donors (Lipinski definition) is 2. The molecule has 3 rings (SSSR count). The molecule has 0 saturated carbocycles. The van der Waals surface area contributed by atoms with Gasteiger partial charge in [-0.25, -0.2) is 4.79 Å². The number of carbonyl (C=O) groups is 2. The SMILES string of the molecule is CCCNC(=O)N1CCC[C@H](c2nnc(C(=O)Nc3ccc(C)cc3)s2)C1. The first-order valence-electron chi connectivity index (χ1n) is 9.31. The van der Waals surface area contributed by atoms with Crippen molar-refractivity contribution in [2.24, 2.45) is 0 Å². The standard InChI is InChI=1S/C19H25N5O2S/c1-3-10-20-19(26)24-11-4-5-14(12-24)17-22-23-18(27-17)16(25)21-15-8-6-13(2)7-9-15/h6-9,14H,3-5,10-12H2,1-2H3,(H,20,26)(H,21,25)/t14-/m0/s1. The molecule has 0 aliphatic carbocycles. The zero-order valence-corrected chi connectivity index (χ0v) is 16.5. The van der Waals surface area contributed by atoms with Gasteiger partial charge in [-0.15, -0.1) is 10.2 Å². The van der Waals surface area contributed by atoms with Gasteiger partial charge in [0.05, 0.1) is 0 Å². The molecule has 0 radical (unpaired) electrons. The fourth-order valence-corrected chi connectivity index (χ4v) is 3.88. The zero-order chi connectivity index (χ0) is 19.2. The number of nitrogens with one attached hydrogen (secondary N) is 2. The highest BCUT2D eigenvalue weighted by atomic mass is 32.1. The molecule has 0 unspecified atom stereocenters. The van der Waals surface area contributed by atoms with E-state index in [0.717, 1.165) is 42.1 Å². The van der Waals surface area contributed by atoms with Gasteiger partial charge in [0, 0.05) is 31.2 Å². The number of aryl methyl sites for hydroxylation is 1. The van der Waals surface area contributed by atoms with E-state index < -0.39 is 0 Å². The smallest absolute Gasteiger partial charge is 0.317 e. The summed E-state index contributed by atoms with van der Waals surface area (Å²) in [5, 5.41) is 15.2. The third-order valence-corrected chi connectivity index (χ3v) is 5.61. The molecule has 1 aromatic carbocycles. The molecule has 1 saturated heterocycles. The summed E-state index contributed by atoms with van der Waals surface area (Å²) < 4.78 is 0. The van der Waals surface area contributed by atoms with Crippen molar-refractivity contribution in [3.05, 3.63) is 39.8 Å². The fourth-order valence-electron chi connectivity index (χ4n) is 3.02. The van der Waals surface area contributed by atoms with Crippen molar-refractivity contribution in [3.8, 4) is 0 Å². The number of hydrogen-bond acceptors (Lipinski definition) is 5. The van der Waals surface area contributed by atoms with Crippen molar-refractivity contribution < 1.29 is 9.59 Å². The summed E-state index contributed by atoms with van der Waals surface area (Å²) in [6.45, 7) is 6.08. The van der Waals surface area contributed by atoms with Gasteiger partial charge in [0.1, 0.15) is 5.01 Å². The molecule has 3 amide bonds. The zero-order valence-electron chi connectivity index (χ0n) is 15.7. The quantitative estimate of drug-likeness (QED) is 0.823. The van der Waals surface area contributed by atoms with Gasteiger partial charge >= 0.3 is 6.03 Å². The molecular formula is C19H25N5O2S. The second kappa shape index (κ2) is 8.94. The fraction of sp³-hybridized carbons (Fsp3) is 0.474. The van der Waals surface area contributed by atoms with E-state index in [0.29, 0.717) is 18.1 Å². The second-order valence-electron chi connectivity index (χ2n) is 6.78. The van der Waals surface area contributed by atoms with E-state index in [1.807, 2.05) is 43.0 Å². The van der Waals surface area contributed by atoms with E-state index in [2.05, 4.69) is 20.8 Å². The van der Waals surface area contributed by atoms with Crippen LogP contribution in [0.2, 0.25) is 0 Å². The van der Waals surface area contributed by atoms with Crippen LogP contribution in [0.3, 0.4) is 0 Å². The van der Waals surface area contributed by atoms with Crippen LogP contribution in [-0.4, -0.2) is 46.7 Å². The number of carbonyl (C=O) groups excluding carboxylic acids is 2. The van der Waals surface area contributed by atoms with Gasteiger partial charge < -0.3 is 15.5 Å². The molecule has 1 aliphatic heterocycles. The van der Waals surface area contributed by atoms with Gasteiger partial charge in [0.25, 0.3) is 5.91 Å². The molecule has 7 nitrogen and oxygen atoms in total. The number of anilines is 1. The lowest BCUT2D eigenvalue weighted by Crippen LogP contribution is -2.45. The number of nitrogens with zero attached hydrogens (tertiary/aromatic N) is 3. The summed E-state index contributed by atoms with van der Waals surface area (Å²) in [5.74, 6) is -0.125. The molecule has 27 heavy (non-hydrogen) atoms. The van der Waals surface area contributed by atoms with Crippen molar-refractivity contribution >= 4 is 29.0 Å². The van der Waals surface area contributed by atoms with E-state index >= 15 is 0 Å². The summed E-state index contributed by atoms with van der Waals surface area (Å²) in [7, 11) is 0. The maximum absolute atomic E-state index is 12.4. The minimum Gasteiger partial charge on any atom is -0.338 e. The number of rotatable bonds is 5. The largest absolute Gasteiger partial charge is 0.338 e. The van der Waals surface area contributed by atoms with Crippen molar-refractivity contribution in [2.75, 3.05) is 25.0 Å². The lowest BCUT2D eigenvalue weighted by Gasteiger charge is -2.31. The first-order chi connectivity index (χ1) is 13.1. The van der Waals surface area contributed by atoms with Crippen molar-refractivity contribution in [3.63, 3.8) is 0 Å². The van der Waals surface area contributed by atoms with Gasteiger partial charge in [-0.2, -0.15) is 0 Å². The third kappa shape index (κ3) is 5.03. The Morgan fingerprint density at radius 2 is 2.04 bits per heavy atom. The van der Waals surface area contributed by atoms with Crippen molar-refractivity contribution in [2.45, 2.75) is 39.0 Å². The lowest BCUT2D eigenvalue weighted by molar-refractivity contribution is 0.102. The predicted octanol–water partition coefficient (Wildman–Crippen LogP) is 3.40. The van der Waals surface area contributed by atoms with E-state index in [-0.39, 0.29) is 17.9 Å². The Balaban J connectivity index is 1.61. The van der Waals surface area contributed by atoms with Crippen molar-refractivity contribution in [1.29, 1.82) is 0 Å². The number of piperidine rings is 1. The Kier molecular flexibility index (Phi) is 6.39. The average Bonchev–Trinajstić information content (AvgIpc) is 3.18. The highest BCUT2D eigenvalue weighted by Gasteiger charge is 2.28. The van der Waals surface area contributed by atoms with Gasteiger partial charge in [-0.05, 0) is 38.3 Å². The lowest BCUT2D eigenvalue weighted by atomic mass is 9.99. The summed E-state index contributed by atoms with van der Waals surface area (Å²) in [6.07, 6.45) is 2.79. The molecule has 2 N–H and O–H groups in total. The minimum atomic E-state index is -0.254. The molecular weight excluding hydrogens is 362 g/mol. The highest BCUT2D eigenvalue weighted by Crippen LogP contribution is 2.29. The minimum absolute atomic E-state index is 0.0246. The topological polar surface area (TPSA) is 87.2 Å². The molecule has 1 aromatic heterocycles. The average molecular weight is 388 g/mol. The molecule has 8 heteroatoms. The van der Waals surface area contributed by atoms with Crippen LogP contribution in [0.1, 0.15) is 52.5 Å². The number of likely N-dealkylation sites (tertiary alicyclic amines) is 1. The van der Waals surface area contributed by atoms with Crippen LogP contribution < -0.4 is 10.6 Å². The van der Waals surface area contributed by atoms with Gasteiger partial charge in [-0.1, -0.05) is 36.0 Å². The van der Waals surface area contributed by atoms with Crippen LogP contribution >= 0.6 is 11.3 Å². The van der Waals surface area contributed by atoms with E-state index in [9.17, 15) is 9.59 Å². The predicted molar refractivity (Wildman–Crippen MR) is 106 cm³/mol. The van der Waals surface area contributed by atoms with Crippen LogP contribution in [-0.2, 0) is 0 Å². The summed E-state index contributed by atoms with van der Waals surface area (Å²) in [6, 6.07) is 7.60. The Morgan fingerprint density at radius 1 is 1.26 bits per heavy atom. The van der Waals surface area contributed by atoms with Crippen LogP contribution in [0.25, 0.3) is 0 Å². The first-order valence-corrected chi connectivity index (χ1v) is 10.1. The van der Waals surface area contributed by atoms with Crippen molar-refractivity contribution in [1.82, 2.24) is 20.4 Å². The summed E-state index contributed by atoms with van der Waals surface area (Å²) in [5.41, 5.74) is 1.87. The van der Waals surface area contributed by atoms with Crippen LogP contribution in [0.5, 0.6) is 0 Å². The second-order valence-corrected chi connectivity index (χ2v) is 7.79. The normalized spacial score (nSPS) is 16.8. The molecule has 144 valence electrons. The van der Waals surface area contributed by atoms with Gasteiger partial charge in [0.15, 0.2) is 0 Å². The van der Waals surface area contributed by atoms with Crippen LogP contribution in [0, 0.1) is 6.92 Å². The number of amides is 3. The molecule has 2 heterocycles. The van der Waals surface area contributed by atoms with Crippen LogP contribution in [0.4, 0.5) is 10.5 Å². The molecule has 1 aliphatic rings. The molecule has 1 fully saturated rings. The summed E-state index contributed by atoms with van der Waals surface area (Å²) >= 11 is 1.31. The summed E-state index contributed by atoms with van der Waals surface area (Å²) in [4.78, 5) is 26.4. The molecule has 1 atom stereocenters. The van der Waals surface area contributed by atoms with E-state index in [1.54, 1.807) is 0 Å². The van der Waals surface area contributed by atoms with E-state index in [1.165, 1.54) is 11.3 Å². The Bertz CT molecular complexity index is 790. The highest BCUT2D eigenvalue weighted by molar-refractivity contribution is 7.13. The monoisotopic (exact) mass is 387 g/mol. The van der Waals surface area contributed by atoms with Crippen LogP contribution in [0.15, 0.2) is 24.3 Å². The maximum atomic E-state index is 12.4. The molecule has 2 aromatic rings. The molecule has 0 bridgehead atoms. The number of benzene rings is 1. The number of urea groups is 1. The Hall–Kier alpha value is -2.48.